The van der Waals surface area contributed by atoms with Gasteiger partial charge in [-0.15, -0.1) is 0 Å². The van der Waals surface area contributed by atoms with Gasteiger partial charge < -0.3 is 0 Å². The minimum Gasteiger partial charge on any atom is -0.296 e. The maximum absolute atomic E-state index is 12.4. The molecular weight excluding hydrogens is 296 g/mol. The van der Waals surface area contributed by atoms with Crippen molar-refractivity contribution in [3.8, 4) is 0 Å². The summed E-state index contributed by atoms with van der Waals surface area (Å²) < 4.78 is 2.67. The predicted molar refractivity (Wildman–Crippen MR) is 89.6 cm³/mol. The van der Waals surface area contributed by atoms with Crippen LogP contribution in [0.25, 0.3) is 10.2 Å². The number of thiazole rings is 1. The Morgan fingerprint density at radius 3 is 2.77 bits per heavy atom. The van der Waals surface area contributed by atoms with Gasteiger partial charge in [-0.3, -0.25) is 14.8 Å². The number of rotatable bonds is 3. The summed E-state index contributed by atoms with van der Waals surface area (Å²) in [5.41, 5.74) is 3.58. The molecule has 1 aromatic carbocycles. The number of anilines is 1. The minimum atomic E-state index is -0.178. The van der Waals surface area contributed by atoms with Crippen molar-refractivity contribution >= 4 is 32.6 Å². The molecule has 0 aliphatic carbocycles. The molecule has 6 heteroatoms. The standard InChI is InChI=1S/C16H18N4OS/c1-9(2)11-6-5-7-12-13(11)18-16(22-12)19-15(21)14-10(3)8-17-20(14)4/h5-9H,1-4H3,(H,18,19,21). The fourth-order valence-corrected chi connectivity index (χ4v) is 3.41. The molecule has 0 fully saturated rings. The maximum atomic E-state index is 12.4. The molecule has 0 bridgehead atoms. The fraction of sp³-hybridized carbons (Fsp3) is 0.312. The van der Waals surface area contributed by atoms with E-state index in [1.807, 2.05) is 19.1 Å². The van der Waals surface area contributed by atoms with Gasteiger partial charge >= 0.3 is 0 Å². The third-order valence-corrected chi connectivity index (χ3v) is 4.57. The van der Waals surface area contributed by atoms with Crippen LogP contribution in [0.4, 0.5) is 5.13 Å². The summed E-state index contributed by atoms with van der Waals surface area (Å²) in [5, 5.41) is 7.61. The normalized spacial score (nSPS) is 11.3. The number of nitrogens with one attached hydrogen (secondary N) is 1. The van der Waals surface area contributed by atoms with E-state index < -0.39 is 0 Å². The summed E-state index contributed by atoms with van der Waals surface area (Å²) in [5.74, 6) is 0.219. The molecule has 0 spiro atoms. The smallest absolute Gasteiger partial charge is 0.275 e. The molecule has 0 aliphatic rings. The molecule has 22 heavy (non-hydrogen) atoms. The molecule has 0 atom stereocenters. The first kappa shape index (κ1) is 14.7. The number of hydrogen-bond donors (Lipinski definition) is 1. The lowest BCUT2D eigenvalue weighted by Gasteiger charge is -2.05. The predicted octanol–water partition coefficient (Wildman–Crippen LogP) is 3.71. The van der Waals surface area contributed by atoms with Gasteiger partial charge in [0.05, 0.1) is 16.4 Å². The summed E-state index contributed by atoms with van der Waals surface area (Å²) in [4.78, 5) is 17.0. The average Bonchev–Trinajstić information content (AvgIpc) is 3.00. The number of carbonyl (C=O) groups excluding carboxylic acids is 1. The number of para-hydroxylation sites is 1. The van der Waals surface area contributed by atoms with Gasteiger partial charge in [-0.1, -0.05) is 37.3 Å². The lowest BCUT2D eigenvalue weighted by Crippen LogP contribution is -2.17. The van der Waals surface area contributed by atoms with Crippen LogP contribution >= 0.6 is 11.3 Å². The molecule has 3 rings (SSSR count). The summed E-state index contributed by atoms with van der Waals surface area (Å²) in [6, 6.07) is 6.15. The van der Waals surface area contributed by atoms with Crippen molar-refractivity contribution < 1.29 is 4.79 Å². The molecule has 2 heterocycles. The van der Waals surface area contributed by atoms with Crippen molar-refractivity contribution in [1.29, 1.82) is 0 Å². The summed E-state index contributed by atoms with van der Waals surface area (Å²) in [6.07, 6.45) is 1.68. The van der Waals surface area contributed by atoms with E-state index in [9.17, 15) is 4.79 Å². The van der Waals surface area contributed by atoms with Crippen LogP contribution in [-0.2, 0) is 7.05 Å². The molecule has 1 amide bonds. The third kappa shape index (κ3) is 2.50. The lowest BCUT2D eigenvalue weighted by molar-refractivity contribution is 0.101. The van der Waals surface area contributed by atoms with Crippen molar-refractivity contribution in [2.45, 2.75) is 26.7 Å². The Morgan fingerprint density at radius 2 is 2.14 bits per heavy atom. The van der Waals surface area contributed by atoms with Crippen LogP contribution in [0.5, 0.6) is 0 Å². The zero-order valence-electron chi connectivity index (χ0n) is 13.0. The van der Waals surface area contributed by atoms with Gasteiger partial charge in [-0.25, -0.2) is 4.98 Å². The number of nitrogens with zero attached hydrogens (tertiary/aromatic N) is 3. The van der Waals surface area contributed by atoms with Crippen molar-refractivity contribution in [3.63, 3.8) is 0 Å². The zero-order chi connectivity index (χ0) is 15.9. The molecular formula is C16H18N4OS. The largest absolute Gasteiger partial charge is 0.296 e. The molecule has 114 valence electrons. The number of benzene rings is 1. The Morgan fingerprint density at radius 1 is 1.36 bits per heavy atom. The Kier molecular flexibility index (Phi) is 3.70. The van der Waals surface area contributed by atoms with Crippen LogP contribution in [0.1, 0.15) is 41.4 Å². The number of fused-ring (bicyclic) bond motifs is 1. The molecule has 0 unspecified atom stereocenters. The van der Waals surface area contributed by atoms with Crippen molar-refractivity contribution in [2.24, 2.45) is 7.05 Å². The summed E-state index contributed by atoms with van der Waals surface area (Å²) in [7, 11) is 1.76. The molecule has 0 saturated heterocycles. The van der Waals surface area contributed by atoms with Crippen molar-refractivity contribution in [1.82, 2.24) is 14.8 Å². The highest BCUT2D eigenvalue weighted by molar-refractivity contribution is 7.22. The Balaban J connectivity index is 1.95. The highest BCUT2D eigenvalue weighted by atomic mass is 32.1. The molecule has 0 aliphatic heterocycles. The molecule has 0 radical (unpaired) electrons. The van der Waals surface area contributed by atoms with Gasteiger partial charge in [-0.05, 0) is 30.0 Å². The Hall–Kier alpha value is -2.21. The van der Waals surface area contributed by atoms with E-state index in [2.05, 4.69) is 35.3 Å². The fourth-order valence-electron chi connectivity index (χ4n) is 2.52. The van der Waals surface area contributed by atoms with Gasteiger partial charge in [0.15, 0.2) is 5.13 Å². The summed E-state index contributed by atoms with van der Waals surface area (Å²) in [6.45, 7) is 6.16. The second-order valence-corrected chi connectivity index (χ2v) is 6.65. The SMILES string of the molecule is Cc1cnn(C)c1C(=O)Nc1nc2c(C(C)C)cccc2s1. The summed E-state index contributed by atoms with van der Waals surface area (Å²) >= 11 is 1.49. The average molecular weight is 314 g/mol. The molecule has 3 aromatic rings. The van der Waals surface area contributed by atoms with E-state index in [1.165, 1.54) is 16.9 Å². The van der Waals surface area contributed by atoms with Gasteiger partial charge in [0.1, 0.15) is 5.69 Å². The van der Waals surface area contributed by atoms with Gasteiger partial charge in [0.2, 0.25) is 0 Å². The third-order valence-electron chi connectivity index (χ3n) is 3.63. The molecule has 2 aromatic heterocycles. The van der Waals surface area contributed by atoms with Crippen LogP contribution in [0, 0.1) is 6.92 Å². The zero-order valence-corrected chi connectivity index (χ0v) is 13.9. The number of aromatic nitrogens is 3. The van der Waals surface area contributed by atoms with Crippen LogP contribution in [0.15, 0.2) is 24.4 Å². The molecule has 1 N–H and O–H groups in total. The first-order valence-corrected chi connectivity index (χ1v) is 7.98. The van der Waals surface area contributed by atoms with Gasteiger partial charge in [0, 0.05) is 7.05 Å². The first-order chi connectivity index (χ1) is 10.5. The number of hydrogen-bond acceptors (Lipinski definition) is 4. The van der Waals surface area contributed by atoms with Gasteiger partial charge in [-0.2, -0.15) is 5.10 Å². The second-order valence-electron chi connectivity index (χ2n) is 5.62. The van der Waals surface area contributed by atoms with E-state index in [0.717, 1.165) is 15.8 Å². The van der Waals surface area contributed by atoms with Crippen LogP contribution < -0.4 is 5.32 Å². The topological polar surface area (TPSA) is 59.8 Å². The van der Waals surface area contributed by atoms with E-state index in [1.54, 1.807) is 17.9 Å². The van der Waals surface area contributed by atoms with Gasteiger partial charge in [0.25, 0.3) is 5.91 Å². The molecule has 5 nitrogen and oxygen atoms in total. The maximum Gasteiger partial charge on any atom is 0.275 e. The molecule has 0 saturated carbocycles. The van der Waals surface area contributed by atoms with E-state index in [-0.39, 0.29) is 5.91 Å². The quantitative estimate of drug-likeness (QED) is 0.801. The van der Waals surface area contributed by atoms with E-state index in [0.29, 0.717) is 16.7 Å². The number of carbonyl (C=O) groups is 1. The Labute approximate surface area is 133 Å². The number of amides is 1. The lowest BCUT2D eigenvalue weighted by atomic mass is 10.0. The van der Waals surface area contributed by atoms with Crippen LogP contribution in [0.2, 0.25) is 0 Å². The Bertz CT molecular complexity index is 828. The van der Waals surface area contributed by atoms with E-state index >= 15 is 0 Å². The highest BCUT2D eigenvalue weighted by Gasteiger charge is 2.17. The first-order valence-electron chi connectivity index (χ1n) is 7.16. The number of aryl methyl sites for hydroxylation is 2. The van der Waals surface area contributed by atoms with Crippen molar-refractivity contribution in [3.05, 3.63) is 41.2 Å². The van der Waals surface area contributed by atoms with Crippen molar-refractivity contribution in [2.75, 3.05) is 5.32 Å². The minimum absolute atomic E-state index is 0.178. The monoisotopic (exact) mass is 314 g/mol. The van der Waals surface area contributed by atoms with Crippen LogP contribution in [0.3, 0.4) is 0 Å². The van der Waals surface area contributed by atoms with Crippen LogP contribution in [-0.4, -0.2) is 20.7 Å². The second kappa shape index (κ2) is 5.53. The van der Waals surface area contributed by atoms with E-state index in [4.69, 9.17) is 0 Å². The highest BCUT2D eigenvalue weighted by Crippen LogP contribution is 2.31.